The first-order chi connectivity index (χ1) is 12.8. The number of anilines is 1. The van der Waals surface area contributed by atoms with Gasteiger partial charge in [0, 0.05) is 11.3 Å². The lowest BCUT2D eigenvalue weighted by atomic mass is 10.2. The summed E-state index contributed by atoms with van der Waals surface area (Å²) in [4.78, 5) is 17.1. The SMILES string of the molecule is CCSc1nc(-c2ccccc2)c(NC(=O)CSCc2ccccc2)s1. The van der Waals surface area contributed by atoms with E-state index in [0.717, 1.165) is 32.1 Å². The highest BCUT2D eigenvalue weighted by Gasteiger charge is 2.15. The molecule has 0 saturated carbocycles. The molecule has 0 spiro atoms. The van der Waals surface area contributed by atoms with Gasteiger partial charge in [-0.15, -0.1) is 11.8 Å². The third-order valence-electron chi connectivity index (χ3n) is 3.52. The van der Waals surface area contributed by atoms with Crippen molar-refractivity contribution in [2.24, 2.45) is 0 Å². The fourth-order valence-corrected chi connectivity index (χ4v) is 5.13. The van der Waals surface area contributed by atoms with Gasteiger partial charge in [-0.3, -0.25) is 4.79 Å². The van der Waals surface area contributed by atoms with E-state index >= 15 is 0 Å². The van der Waals surface area contributed by atoms with Crippen LogP contribution < -0.4 is 5.32 Å². The van der Waals surface area contributed by atoms with E-state index in [-0.39, 0.29) is 5.91 Å². The van der Waals surface area contributed by atoms with Gasteiger partial charge in [0.1, 0.15) is 10.7 Å². The van der Waals surface area contributed by atoms with Gasteiger partial charge in [-0.25, -0.2) is 4.98 Å². The van der Waals surface area contributed by atoms with Gasteiger partial charge in [0.2, 0.25) is 5.91 Å². The number of aromatic nitrogens is 1. The maximum Gasteiger partial charge on any atom is 0.235 e. The Morgan fingerprint density at radius 1 is 1.08 bits per heavy atom. The second kappa shape index (κ2) is 9.80. The zero-order chi connectivity index (χ0) is 18.2. The lowest BCUT2D eigenvalue weighted by molar-refractivity contribution is -0.113. The van der Waals surface area contributed by atoms with E-state index < -0.39 is 0 Å². The minimum atomic E-state index is 0.0137. The Balaban J connectivity index is 1.65. The molecule has 0 unspecified atom stereocenters. The molecule has 0 saturated heterocycles. The smallest absolute Gasteiger partial charge is 0.235 e. The number of nitrogens with one attached hydrogen (secondary N) is 1. The first-order valence-electron chi connectivity index (χ1n) is 8.37. The normalized spacial score (nSPS) is 10.7. The molecule has 0 radical (unpaired) electrons. The molecular formula is C20H20N2OS3. The summed E-state index contributed by atoms with van der Waals surface area (Å²) < 4.78 is 0.985. The van der Waals surface area contributed by atoms with E-state index in [9.17, 15) is 4.79 Å². The highest BCUT2D eigenvalue weighted by atomic mass is 32.2. The van der Waals surface area contributed by atoms with E-state index in [0.29, 0.717) is 5.75 Å². The van der Waals surface area contributed by atoms with Crippen LogP contribution in [-0.2, 0) is 10.5 Å². The fraction of sp³-hybridized carbons (Fsp3) is 0.200. The van der Waals surface area contributed by atoms with E-state index in [1.54, 1.807) is 34.9 Å². The molecule has 1 amide bonds. The van der Waals surface area contributed by atoms with Crippen molar-refractivity contribution in [1.82, 2.24) is 4.98 Å². The largest absolute Gasteiger partial charge is 0.315 e. The molecule has 2 aromatic carbocycles. The van der Waals surface area contributed by atoms with E-state index in [1.807, 2.05) is 48.5 Å². The lowest BCUT2D eigenvalue weighted by Crippen LogP contribution is -2.13. The van der Waals surface area contributed by atoms with E-state index in [4.69, 9.17) is 4.98 Å². The van der Waals surface area contributed by atoms with Crippen LogP contribution in [0.3, 0.4) is 0 Å². The Morgan fingerprint density at radius 3 is 2.46 bits per heavy atom. The Hall–Kier alpha value is -1.76. The Bertz CT molecular complexity index is 835. The van der Waals surface area contributed by atoms with Crippen molar-refractivity contribution < 1.29 is 4.79 Å². The maximum atomic E-state index is 12.4. The van der Waals surface area contributed by atoms with Crippen LogP contribution in [-0.4, -0.2) is 22.4 Å². The summed E-state index contributed by atoms with van der Waals surface area (Å²) in [5.74, 6) is 2.23. The number of nitrogens with zero attached hydrogens (tertiary/aromatic N) is 1. The number of rotatable bonds is 8. The minimum Gasteiger partial charge on any atom is -0.315 e. The van der Waals surface area contributed by atoms with Crippen LogP contribution in [0.2, 0.25) is 0 Å². The second-order valence-electron chi connectivity index (χ2n) is 5.48. The second-order valence-corrected chi connectivity index (χ2v) is 8.98. The quantitative estimate of drug-likeness (QED) is 0.486. The van der Waals surface area contributed by atoms with Crippen LogP contribution >= 0.6 is 34.9 Å². The van der Waals surface area contributed by atoms with Crippen molar-refractivity contribution in [3.05, 3.63) is 66.2 Å². The lowest BCUT2D eigenvalue weighted by Gasteiger charge is -2.05. The number of benzene rings is 2. The number of carbonyl (C=O) groups is 1. The van der Waals surface area contributed by atoms with Crippen LogP contribution in [0.4, 0.5) is 5.00 Å². The number of thioether (sulfide) groups is 2. The van der Waals surface area contributed by atoms with Gasteiger partial charge in [-0.1, -0.05) is 90.7 Å². The average molecular weight is 401 g/mol. The van der Waals surface area contributed by atoms with Gasteiger partial charge in [0.05, 0.1) is 5.75 Å². The summed E-state index contributed by atoms with van der Waals surface area (Å²) in [5, 5.41) is 3.89. The predicted molar refractivity (Wildman–Crippen MR) is 115 cm³/mol. The topological polar surface area (TPSA) is 42.0 Å². The van der Waals surface area contributed by atoms with Crippen LogP contribution in [0, 0.1) is 0 Å². The molecule has 1 N–H and O–H groups in total. The van der Waals surface area contributed by atoms with Gasteiger partial charge in [0.25, 0.3) is 0 Å². The van der Waals surface area contributed by atoms with Crippen LogP contribution in [0.15, 0.2) is 65.0 Å². The Kier molecular flexibility index (Phi) is 7.17. The zero-order valence-corrected chi connectivity index (χ0v) is 16.9. The first-order valence-corrected chi connectivity index (χ1v) is 11.3. The molecule has 0 aliphatic carbocycles. The number of amides is 1. The van der Waals surface area contributed by atoms with Crippen LogP contribution in [0.5, 0.6) is 0 Å². The molecule has 0 aliphatic rings. The van der Waals surface area contributed by atoms with Crippen LogP contribution in [0.1, 0.15) is 12.5 Å². The van der Waals surface area contributed by atoms with Gasteiger partial charge >= 0.3 is 0 Å². The molecule has 0 fully saturated rings. The number of hydrogen-bond acceptors (Lipinski definition) is 5. The van der Waals surface area contributed by atoms with Crippen molar-refractivity contribution in [3.8, 4) is 11.3 Å². The third kappa shape index (κ3) is 5.37. The molecule has 6 heteroatoms. The Morgan fingerprint density at radius 2 is 1.77 bits per heavy atom. The van der Waals surface area contributed by atoms with Gasteiger partial charge in [0.15, 0.2) is 4.34 Å². The standard InChI is InChI=1S/C20H20N2OS3/c1-2-25-20-22-18(16-11-7-4-8-12-16)19(26-20)21-17(23)14-24-13-15-9-5-3-6-10-15/h3-12H,2,13-14H2,1H3,(H,21,23). The van der Waals surface area contributed by atoms with Crippen molar-refractivity contribution >= 4 is 45.8 Å². The van der Waals surface area contributed by atoms with Crippen molar-refractivity contribution in [2.45, 2.75) is 17.0 Å². The molecule has 1 aromatic heterocycles. The highest BCUT2D eigenvalue weighted by molar-refractivity contribution is 8.01. The molecule has 26 heavy (non-hydrogen) atoms. The Labute approximate surface area is 166 Å². The van der Waals surface area contributed by atoms with E-state index in [1.165, 1.54) is 5.56 Å². The molecule has 0 atom stereocenters. The van der Waals surface area contributed by atoms with Crippen molar-refractivity contribution in [3.63, 3.8) is 0 Å². The summed E-state index contributed by atoms with van der Waals surface area (Å²) in [6, 6.07) is 20.2. The summed E-state index contributed by atoms with van der Waals surface area (Å²) in [6.07, 6.45) is 0. The number of hydrogen-bond donors (Lipinski definition) is 1. The number of carbonyl (C=O) groups excluding carboxylic acids is 1. The van der Waals surface area contributed by atoms with Gasteiger partial charge in [-0.05, 0) is 11.3 Å². The molecular weight excluding hydrogens is 380 g/mol. The van der Waals surface area contributed by atoms with Crippen molar-refractivity contribution in [2.75, 3.05) is 16.8 Å². The van der Waals surface area contributed by atoms with Crippen molar-refractivity contribution in [1.29, 1.82) is 0 Å². The van der Waals surface area contributed by atoms with E-state index in [2.05, 4.69) is 24.4 Å². The molecule has 3 nitrogen and oxygen atoms in total. The maximum absolute atomic E-state index is 12.4. The summed E-state index contributed by atoms with van der Waals surface area (Å²) >= 11 is 4.87. The summed E-state index contributed by atoms with van der Waals surface area (Å²) in [5.41, 5.74) is 3.11. The monoisotopic (exact) mass is 400 g/mol. The molecule has 3 aromatic rings. The molecule has 134 valence electrons. The zero-order valence-electron chi connectivity index (χ0n) is 14.5. The third-order valence-corrected chi connectivity index (χ3v) is 6.52. The van der Waals surface area contributed by atoms with Crippen LogP contribution in [0.25, 0.3) is 11.3 Å². The predicted octanol–water partition coefficient (Wildman–Crippen LogP) is 5.79. The number of thiazole rings is 1. The van der Waals surface area contributed by atoms with Gasteiger partial charge in [-0.2, -0.15) is 0 Å². The summed E-state index contributed by atoms with van der Waals surface area (Å²) in [7, 11) is 0. The first kappa shape index (κ1) is 19.0. The highest BCUT2D eigenvalue weighted by Crippen LogP contribution is 2.37. The molecule has 3 rings (SSSR count). The van der Waals surface area contributed by atoms with Gasteiger partial charge < -0.3 is 5.32 Å². The molecule has 0 aliphatic heterocycles. The summed E-state index contributed by atoms with van der Waals surface area (Å²) in [6.45, 7) is 2.10. The molecule has 1 heterocycles. The fourth-order valence-electron chi connectivity index (χ4n) is 2.36. The minimum absolute atomic E-state index is 0.0137. The molecule has 0 bridgehead atoms. The average Bonchev–Trinajstić information content (AvgIpc) is 3.06.